The Labute approximate surface area is 454 Å². The van der Waals surface area contributed by atoms with Crippen LogP contribution in [-0.2, 0) is 5.41 Å². The van der Waals surface area contributed by atoms with Gasteiger partial charge in [0, 0.05) is 49.5 Å². The molecule has 368 valence electrons. The second-order valence-corrected chi connectivity index (χ2v) is 21.4. The van der Waals surface area contributed by atoms with Crippen molar-refractivity contribution in [1.82, 2.24) is 9.13 Å². The third kappa shape index (κ3) is 7.45. The zero-order chi connectivity index (χ0) is 51.9. The van der Waals surface area contributed by atoms with E-state index in [4.69, 9.17) is 4.99 Å². The second-order valence-electron chi connectivity index (χ2n) is 21.4. The lowest BCUT2D eigenvalue weighted by molar-refractivity contribution is 0.660. The lowest BCUT2D eigenvalue weighted by Crippen LogP contribution is -2.15. The van der Waals surface area contributed by atoms with Crippen LogP contribution >= 0.6 is 0 Å². The number of hydrogen-bond donors (Lipinski definition) is 0. The van der Waals surface area contributed by atoms with Crippen molar-refractivity contribution in [1.29, 1.82) is 0 Å². The summed E-state index contributed by atoms with van der Waals surface area (Å²) in [4.78, 5) is 5.39. The van der Waals surface area contributed by atoms with Crippen LogP contribution < -0.4 is 0 Å². The van der Waals surface area contributed by atoms with E-state index < -0.39 is 0 Å². The fraction of sp³-hybridized carbons (Fsp3) is 0.0533. The first kappa shape index (κ1) is 45.6. The number of aromatic nitrogens is 2. The predicted octanol–water partition coefficient (Wildman–Crippen LogP) is 19.5. The van der Waals surface area contributed by atoms with Gasteiger partial charge in [-0.1, -0.05) is 202 Å². The monoisotopic (exact) mass is 995 g/mol. The average molecular weight is 996 g/mol. The molecule has 0 atom stereocenters. The number of rotatable bonds is 8. The van der Waals surface area contributed by atoms with Gasteiger partial charge in [-0.15, -0.1) is 0 Å². The number of fused-ring (bicyclic) bond motifs is 9. The molecular formula is C75H53N3. The van der Waals surface area contributed by atoms with Gasteiger partial charge in [-0.05, 0) is 158 Å². The standard InChI is InChI=1S/C75H53N3/c1-75(2)66-31-18-30-60(56-23-17-24-57(43-56)68-39-34-55(49-19-7-3-8-20-49)48-69(76-68)50-21-9-4-10-22-50)74(66)62-38-33-54(47-67(62)75)53-37-42-73-65(46-53)64-45-52(36-41-72(64)78(73)59-27-13-6-14-28-59)51-35-40-71-63(44-51)61-29-15-16-32-70(61)77(71)58-25-11-5-12-26-58/h3-33,35-48H,34H2,1-2H3. The Bertz CT molecular complexity index is 4630. The Morgan fingerprint density at radius 1 is 0.346 bits per heavy atom. The van der Waals surface area contributed by atoms with Crippen molar-refractivity contribution in [3.63, 3.8) is 0 Å². The normalized spacial score (nSPS) is 13.8. The number of allylic oxidation sites excluding steroid dienone is 3. The van der Waals surface area contributed by atoms with Gasteiger partial charge in [0.2, 0.25) is 0 Å². The molecule has 3 heterocycles. The molecule has 3 heteroatoms. The maximum Gasteiger partial charge on any atom is 0.0712 e. The predicted molar refractivity (Wildman–Crippen MR) is 329 cm³/mol. The summed E-state index contributed by atoms with van der Waals surface area (Å²) in [5, 5.41) is 4.97. The molecule has 2 aromatic heterocycles. The van der Waals surface area contributed by atoms with Gasteiger partial charge in [0.05, 0.1) is 33.5 Å². The van der Waals surface area contributed by atoms with E-state index in [1.807, 2.05) is 0 Å². The van der Waals surface area contributed by atoms with Crippen LogP contribution in [0, 0.1) is 0 Å². The zero-order valence-corrected chi connectivity index (χ0v) is 43.5. The van der Waals surface area contributed by atoms with Crippen molar-refractivity contribution in [3.05, 3.63) is 301 Å². The Hall–Kier alpha value is -9.83. The molecule has 1 aliphatic heterocycles. The zero-order valence-electron chi connectivity index (χ0n) is 43.5. The topological polar surface area (TPSA) is 22.2 Å². The lowest BCUT2D eigenvalue weighted by Gasteiger charge is -2.22. The minimum atomic E-state index is -0.219. The van der Waals surface area contributed by atoms with Crippen LogP contribution in [0.2, 0.25) is 0 Å². The maximum atomic E-state index is 5.39. The summed E-state index contributed by atoms with van der Waals surface area (Å²) < 4.78 is 4.81. The highest BCUT2D eigenvalue weighted by molar-refractivity contribution is 6.16. The van der Waals surface area contributed by atoms with Crippen molar-refractivity contribution in [2.24, 2.45) is 4.99 Å². The van der Waals surface area contributed by atoms with Crippen molar-refractivity contribution in [2.75, 3.05) is 0 Å². The van der Waals surface area contributed by atoms with Gasteiger partial charge in [-0.25, -0.2) is 4.99 Å². The van der Waals surface area contributed by atoms with Gasteiger partial charge in [-0.2, -0.15) is 0 Å². The molecule has 2 aliphatic rings. The third-order valence-electron chi connectivity index (χ3n) is 16.6. The van der Waals surface area contributed by atoms with Crippen LogP contribution in [0.15, 0.2) is 278 Å². The fourth-order valence-corrected chi connectivity index (χ4v) is 12.7. The van der Waals surface area contributed by atoms with Crippen LogP contribution in [0.4, 0.5) is 0 Å². The average Bonchev–Trinajstić information content (AvgIpc) is 4.06. The van der Waals surface area contributed by atoms with Gasteiger partial charge < -0.3 is 9.13 Å². The largest absolute Gasteiger partial charge is 0.309 e. The number of aliphatic imine (C=N–C) groups is 1. The molecule has 11 aromatic carbocycles. The molecule has 15 rings (SSSR count). The maximum absolute atomic E-state index is 5.39. The Kier molecular flexibility index (Phi) is 10.6. The first-order valence-electron chi connectivity index (χ1n) is 27.2. The molecule has 3 nitrogen and oxygen atoms in total. The molecule has 0 N–H and O–H groups in total. The van der Waals surface area contributed by atoms with E-state index in [0.29, 0.717) is 0 Å². The van der Waals surface area contributed by atoms with E-state index >= 15 is 0 Å². The van der Waals surface area contributed by atoms with Gasteiger partial charge >= 0.3 is 0 Å². The minimum Gasteiger partial charge on any atom is -0.309 e. The van der Waals surface area contributed by atoms with E-state index in [2.05, 4.69) is 296 Å². The summed E-state index contributed by atoms with van der Waals surface area (Å²) in [6.07, 6.45) is 5.35. The molecule has 0 bridgehead atoms. The molecule has 0 saturated heterocycles. The molecule has 0 unspecified atom stereocenters. The van der Waals surface area contributed by atoms with Crippen LogP contribution in [0.1, 0.15) is 48.1 Å². The molecule has 0 spiro atoms. The van der Waals surface area contributed by atoms with E-state index in [-0.39, 0.29) is 5.41 Å². The SMILES string of the molecule is CC1(C)c2cc(-c3ccc4c(c3)c3cc(-c5ccc6c(c5)c5ccccc5n6-c5ccccc5)ccc3n4-c3ccccc3)ccc2-c2c(-c3cccc(C4=CCC(c5ccccc5)=CC(c5ccccc5)=N4)c3)cccc21. The van der Waals surface area contributed by atoms with Crippen LogP contribution in [-0.4, -0.2) is 14.8 Å². The summed E-state index contributed by atoms with van der Waals surface area (Å²) in [6, 6.07) is 95.7. The van der Waals surface area contributed by atoms with Gasteiger partial charge in [-0.3, -0.25) is 0 Å². The first-order valence-corrected chi connectivity index (χ1v) is 27.2. The summed E-state index contributed by atoms with van der Waals surface area (Å²) >= 11 is 0. The Balaban J connectivity index is 0.819. The van der Waals surface area contributed by atoms with E-state index in [0.717, 1.165) is 40.3 Å². The Morgan fingerprint density at radius 2 is 0.833 bits per heavy atom. The smallest absolute Gasteiger partial charge is 0.0712 e. The number of para-hydroxylation sites is 3. The molecule has 13 aromatic rings. The van der Waals surface area contributed by atoms with Crippen LogP contribution in [0.5, 0.6) is 0 Å². The second kappa shape index (κ2) is 18.2. The minimum absolute atomic E-state index is 0.219. The molecule has 1 aliphatic carbocycles. The van der Waals surface area contributed by atoms with Crippen molar-refractivity contribution >= 4 is 60.6 Å². The summed E-state index contributed by atoms with van der Waals surface area (Å²) in [6.45, 7) is 4.79. The number of hydrogen-bond acceptors (Lipinski definition) is 1. The first-order chi connectivity index (χ1) is 38.4. The quantitative estimate of drug-likeness (QED) is 0.145. The molecule has 78 heavy (non-hydrogen) atoms. The van der Waals surface area contributed by atoms with E-state index in [1.54, 1.807) is 0 Å². The molecular weight excluding hydrogens is 943 g/mol. The summed E-state index contributed by atoms with van der Waals surface area (Å²) in [7, 11) is 0. The van der Waals surface area contributed by atoms with Gasteiger partial charge in [0.1, 0.15) is 0 Å². The number of nitrogens with zero attached hydrogens (tertiary/aromatic N) is 3. The van der Waals surface area contributed by atoms with Crippen molar-refractivity contribution in [3.8, 4) is 55.9 Å². The van der Waals surface area contributed by atoms with E-state index in [9.17, 15) is 0 Å². The summed E-state index contributed by atoms with van der Waals surface area (Å²) in [5.74, 6) is 0. The van der Waals surface area contributed by atoms with Gasteiger partial charge in [0.15, 0.2) is 0 Å². The van der Waals surface area contributed by atoms with E-state index in [1.165, 1.54) is 110 Å². The van der Waals surface area contributed by atoms with Crippen LogP contribution in [0.25, 0.3) is 111 Å². The molecule has 0 saturated carbocycles. The Morgan fingerprint density at radius 3 is 1.46 bits per heavy atom. The third-order valence-corrected chi connectivity index (χ3v) is 16.6. The van der Waals surface area contributed by atoms with Crippen LogP contribution in [0.3, 0.4) is 0 Å². The lowest BCUT2D eigenvalue weighted by atomic mass is 9.81. The number of benzene rings is 11. The molecule has 0 radical (unpaired) electrons. The molecule has 0 fully saturated rings. The van der Waals surface area contributed by atoms with Crippen molar-refractivity contribution < 1.29 is 0 Å². The van der Waals surface area contributed by atoms with Gasteiger partial charge in [0.25, 0.3) is 0 Å². The highest BCUT2D eigenvalue weighted by atomic mass is 15.0. The highest BCUT2D eigenvalue weighted by Crippen LogP contribution is 2.53. The fourth-order valence-electron chi connectivity index (χ4n) is 12.7. The molecule has 0 amide bonds. The highest BCUT2D eigenvalue weighted by Gasteiger charge is 2.37. The van der Waals surface area contributed by atoms with Crippen molar-refractivity contribution in [2.45, 2.75) is 25.7 Å². The summed E-state index contributed by atoms with van der Waals surface area (Å²) in [5.41, 5.74) is 26.1.